The maximum absolute atomic E-state index is 12.1. The van der Waals surface area contributed by atoms with E-state index in [9.17, 15) is 21.6 Å². The molecule has 146 valence electrons. The molecule has 0 fully saturated rings. The van der Waals surface area contributed by atoms with Crippen molar-refractivity contribution in [2.75, 3.05) is 13.1 Å². The summed E-state index contributed by atoms with van der Waals surface area (Å²) >= 11 is 0. The molecule has 0 radical (unpaired) electrons. The monoisotopic (exact) mass is 392 g/mol. The second kappa shape index (κ2) is 8.83. The summed E-state index contributed by atoms with van der Waals surface area (Å²) in [5.41, 5.74) is -2.25. The zero-order chi connectivity index (χ0) is 19.2. The van der Waals surface area contributed by atoms with Crippen LogP contribution in [0, 0.1) is 0 Å². The fourth-order valence-electron chi connectivity index (χ4n) is 2.49. The van der Waals surface area contributed by atoms with Crippen LogP contribution in [0.2, 0.25) is 0 Å². The number of nitrogens with one attached hydrogen (secondary N) is 2. The van der Waals surface area contributed by atoms with E-state index in [2.05, 4.69) is 17.2 Å². The van der Waals surface area contributed by atoms with Crippen LogP contribution >= 0.6 is 0 Å². The number of aromatic nitrogens is 2. The average molecular weight is 392 g/mol. The van der Waals surface area contributed by atoms with Crippen molar-refractivity contribution in [3.8, 4) is 0 Å². The van der Waals surface area contributed by atoms with Gasteiger partial charge >= 0.3 is 15.5 Å². The highest BCUT2D eigenvalue weighted by molar-refractivity contribution is 7.90. The van der Waals surface area contributed by atoms with Gasteiger partial charge in [0.15, 0.2) is 0 Å². The normalized spacial score (nSPS) is 12.8. The third-order valence-corrected chi connectivity index (χ3v) is 5.12. The molecule has 2 N–H and O–H groups in total. The molecule has 26 heavy (non-hydrogen) atoms. The van der Waals surface area contributed by atoms with Gasteiger partial charge in [0, 0.05) is 25.0 Å². The molecule has 2 rings (SSSR count). The maximum Gasteiger partial charge on any atom is 0.511 e. The Kier molecular flexibility index (Phi) is 7.01. The molecule has 0 saturated heterocycles. The number of sulfonamides is 1. The number of imidazole rings is 1. The summed E-state index contributed by atoms with van der Waals surface area (Å²) in [6.07, 6.45) is 4.61. The fourth-order valence-corrected chi connectivity index (χ4v) is 3.07. The van der Waals surface area contributed by atoms with Crippen LogP contribution < -0.4 is 10.0 Å². The van der Waals surface area contributed by atoms with E-state index in [-0.39, 0.29) is 6.54 Å². The second-order valence-corrected chi connectivity index (χ2v) is 7.67. The van der Waals surface area contributed by atoms with E-state index < -0.39 is 15.5 Å². The van der Waals surface area contributed by atoms with Gasteiger partial charge in [0.25, 0.3) is 0 Å². The summed E-state index contributed by atoms with van der Waals surface area (Å²) in [7, 11) is -5.23. The number of nitrogens with zero attached hydrogens (tertiary/aromatic N) is 2. The third-order valence-electron chi connectivity index (χ3n) is 3.92. The molecule has 6 nitrogen and oxygen atoms in total. The first kappa shape index (κ1) is 20.7. The van der Waals surface area contributed by atoms with E-state index in [1.54, 1.807) is 4.72 Å². The molecule has 0 aliphatic rings. The summed E-state index contributed by atoms with van der Waals surface area (Å²) in [5, 5.41) is 3.29. The van der Waals surface area contributed by atoms with Gasteiger partial charge in [-0.25, -0.2) is 18.1 Å². The molecule has 0 unspecified atom stereocenters. The zero-order valence-corrected chi connectivity index (χ0v) is 15.3. The van der Waals surface area contributed by atoms with E-state index in [4.69, 9.17) is 0 Å². The first-order chi connectivity index (χ1) is 12.2. The van der Waals surface area contributed by atoms with Crippen molar-refractivity contribution in [2.24, 2.45) is 0 Å². The predicted octanol–water partition coefficient (Wildman–Crippen LogP) is 2.60. The number of unbranched alkanes of at least 4 members (excludes halogenated alkanes) is 2. The quantitative estimate of drug-likeness (QED) is 0.610. The van der Waals surface area contributed by atoms with E-state index in [1.165, 1.54) is 0 Å². The number of hydrogen-bond acceptors (Lipinski definition) is 4. The number of pyridine rings is 1. The maximum atomic E-state index is 12.1. The summed E-state index contributed by atoms with van der Waals surface area (Å²) < 4.78 is 61.7. The van der Waals surface area contributed by atoms with Crippen molar-refractivity contribution in [3.63, 3.8) is 0 Å². The summed E-state index contributed by atoms with van der Waals surface area (Å²) in [5.74, 6) is 0. The molecule has 10 heteroatoms. The third kappa shape index (κ3) is 5.42. The van der Waals surface area contributed by atoms with Crippen molar-refractivity contribution in [1.29, 1.82) is 0 Å². The Morgan fingerprint density at radius 1 is 1.15 bits per heavy atom. The number of alkyl halides is 3. The van der Waals surface area contributed by atoms with Gasteiger partial charge in [-0.3, -0.25) is 0 Å². The lowest BCUT2D eigenvalue weighted by Gasteiger charge is -2.09. The largest absolute Gasteiger partial charge is 0.511 e. The molecule has 2 aromatic heterocycles. The Bertz CT molecular complexity index is 818. The summed E-state index contributed by atoms with van der Waals surface area (Å²) in [6.45, 7) is 3.18. The molecule has 0 aromatic carbocycles. The van der Waals surface area contributed by atoms with E-state index in [0.29, 0.717) is 25.9 Å². The molecule has 2 aromatic rings. The highest BCUT2D eigenvalue weighted by Gasteiger charge is 2.45. The average Bonchev–Trinajstić information content (AvgIpc) is 3.00. The fraction of sp³-hybridized carbons (Fsp3) is 0.562. The molecule has 0 aliphatic heterocycles. The predicted molar refractivity (Wildman–Crippen MR) is 93.1 cm³/mol. The standard InChI is InChI=1S/C16H23F3N4O2S/c1-2-13-12-23-14(7-6-8-15(23)22-13)11-20-9-4-3-5-10-21-26(24,25)16(17,18)19/h6-8,12,20-21H,2-5,9-11H2,1H3. The molecule has 2 heterocycles. The van der Waals surface area contributed by atoms with E-state index in [1.807, 2.05) is 28.8 Å². The van der Waals surface area contributed by atoms with Gasteiger partial charge in [-0.15, -0.1) is 0 Å². The lowest BCUT2D eigenvalue weighted by Crippen LogP contribution is -2.36. The van der Waals surface area contributed by atoms with Gasteiger partial charge in [-0.2, -0.15) is 13.2 Å². The van der Waals surface area contributed by atoms with Crippen molar-refractivity contribution in [2.45, 2.75) is 44.7 Å². The van der Waals surface area contributed by atoms with E-state index in [0.717, 1.165) is 29.9 Å². The number of fused-ring (bicyclic) bond motifs is 1. The van der Waals surface area contributed by atoms with Crippen LogP contribution in [0.1, 0.15) is 37.6 Å². The van der Waals surface area contributed by atoms with Crippen molar-refractivity contribution in [1.82, 2.24) is 19.4 Å². The highest BCUT2D eigenvalue weighted by atomic mass is 32.2. The molecule has 0 spiro atoms. The van der Waals surface area contributed by atoms with Gasteiger partial charge < -0.3 is 9.72 Å². The van der Waals surface area contributed by atoms with Crippen LogP contribution in [-0.4, -0.2) is 36.4 Å². The van der Waals surface area contributed by atoms with Crippen molar-refractivity contribution < 1.29 is 21.6 Å². The second-order valence-electron chi connectivity index (χ2n) is 5.91. The molecule has 0 atom stereocenters. The Morgan fingerprint density at radius 3 is 2.58 bits per heavy atom. The van der Waals surface area contributed by atoms with Crippen LogP contribution in [0.4, 0.5) is 13.2 Å². The molecule has 0 aliphatic carbocycles. The molecule has 0 amide bonds. The van der Waals surface area contributed by atoms with Crippen molar-refractivity contribution in [3.05, 3.63) is 35.8 Å². The molecule has 0 bridgehead atoms. The van der Waals surface area contributed by atoms with Crippen LogP contribution in [0.5, 0.6) is 0 Å². The summed E-state index contributed by atoms with van der Waals surface area (Å²) in [4.78, 5) is 4.51. The Hall–Kier alpha value is -1.65. The number of halogens is 3. The SMILES string of the molecule is CCc1cn2c(CNCCCCCNS(=O)(=O)C(F)(F)F)cccc2n1. The minimum Gasteiger partial charge on any atom is -0.311 e. The number of aryl methyl sites for hydroxylation is 1. The van der Waals surface area contributed by atoms with Crippen LogP contribution in [0.15, 0.2) is 24.4 Å². The Balaban J connectivity index is 1.67. The van der Waals surface area contributed by atoms with Gasteiger partial charge in [0.05, 0.1) is 5.69 Å². The molecule has 0 saturated carbocycles. The lowest BCUT2D eigenvalue weighted by atomic mass is 10.2. The first-order valence-electron chi connectivity index (χ1n) is 8.47. The first-order valence-corrected chi connectivity index (χ1v) is 9.95. The minimum atomic E-state index is -5.25. The highest BCUT2D eigenvalue weighted by Crippen LogP contribution is 2.21. The van der Waals surface area contributed by atoms with E-state index >= 15 is 0 Å². The van der Waals surface area contributed by atoms with Crippen LogP contribution in [-0.2, 0) is 23.0 Å². The topological polar surface area (TPSA) is 75.5 Å². The van der Waals surface area contributed by atoms with Crippen LogP contribution in [0.3, 0.4) is 0 Å². The van der Waals surface area contributed by atoms with Gasteiger partial charge in [0.1, 0.15) is 5.65 Å². The van der Waals surface area contributed by atoms with Gasteiger partial charge in [-0.1, -0.05) is 19.4 Å². The number of hydrogen-bond donors (Lipinski definition) is 2. The number of rotatable bonds is 10. The van der Waals surface area contributed by atoms with Gasteiger partial charge in [0.2, 0.25) is 0 Å². The minimum absolute atomic E-state index is 0.212. The Labute approximate surface area is 150 Å². The smallest absolute Gasteiger partial charge is 0.311 e. The zero-order valence-electron chi connectivity index (χ0n) is 14.5. The van der Waals surface area contributed by atoms with Crippen LogP contribution in [0.25, 0.3) is 5.65 Å². The Morgan fingerprint density at radius 2 is 1.88 bits per heavy atom. The van der Waals surface area contributed by atoms with Gasteiger partial charge in [-0.05, 0) is 37.9 Å². The summed E-state index contributed by atoms with van der Waals surface area (Å²) in [6, 6.07) is 5.91. The lowest BCUT2D eigenvalue weighted by molar-refractivity contribution is -0.0447. The molecular formula is C16H23F3N4O2S. The van der Waals surface area contributed by atoms with Crippen molar-refractivity contribution >= 4 is 15.7 Å². The molecular weight excluding hydrogens is 369 g/mol.